The van der Waals surface area contributed by atoms with Gasteiger partial charge in [0.15, 0.2) is 6.29 Å². The van der Waals surface area contributed by atoms with Crippen LogP contribution in [-0.2, 0) is 4.79 Å². The number of aldehydes is 1. The number of aliphatic hydroxyl groups is 2. The molecule has 0 aliphatic carbocycles. The summed E-state index contributed by atoms with van der Waals surface area (Å²) in [4.78, 5) is 10.0. The summed E-state index contributed by atoms with van der Waals surface area (Å²) in [6.45, 7) is 1.89. The zero-order chi connectivity index (χ0) is 7.28. The first kappa shape index (κ1) is 8.59. The lowest BCUT2D eigenvalue weighted by Gasteiger charge is -2.09. The molecule has 0 aliphatic rings. The quantitative estimate of drug-likeness (QED) is 0.415. The van der Waals surface area contributed by atoms with Crippen molar-refractivity contribution in [1.82, 2.24) is 0 Å². The van der Waals surface area contributed by atoms with Crippen LogP contribution in [0.2, 0.25) is 0 Å². The molecule has 3 nitrogen and oxygen atoms in total. The van der Waals surface area contributed by atoms with Gasteiger partial charge in [0.1, 0.15) is 6.29 Å². The van der Waals surface area contributed by atoms with Crippen molar-refractivity contribution in [2.24, 2.45) is 5.92 Å². The highest BCUT2D eigenvalue weighted by atomic mass is 16.5. The lowest BCUT2D eigenvalue weighted by molar-refractivity contribution is -0.128. The number of rotatable bonds is 4. The van der Waals surface area contributed by atoms with E-state index < -0.39 is 12.2 Å². The van der Waals surface area contributed by atoms with Gasteiger partial charge in [0.05, 0.1) is 5.92 Å². The molecular formula is C6H12O3. The number of hydrogen-bond acceptors (Lipinski definition) is 3. The van der Waals surface area contributed by atoms with Crippen LogP contribution in [0.15, 0.2) is 0 Å². The highest BCUT2D eigenvalue weighted by Gasteiger charge is 2.13. The molecule has 1 unspecified atom stereocenters. The maximum absolute atomic E-state index is 10.0. The summed E-state index contributed by atoms with van der Waals surface area (Å²) >= 11 is 0. The van der Waals surface area contributed by atoms with Gasteiger partial charge < -0.3 is 15.0 Å². The van der Waals surface area contributed by atoms with Gasteiger partial charge in [0.25, 0.3) is 0 Å². The van der Waals surface area contributed by atoms with Crippen LogP contribution in [0.25, 0.3) is 0 Å². The zero-order valence-electron chi connectivity index (χ0n) is 5.45. The Kier molecular flexibility index (Phi) is 4.26. The number of carbonyl (C=O) groups is 1. The topological polar surface area (TPSA) is 57.5 Å². The van der Waals surface area contributed by atoms with E-state index in [1.807, 2.05) is 6.92 Å². The molecule has 0 bridgehead atoms. The smallest absolute Gasteiger partial charge is 0.160 e. The molecule has 1 atom stereocenters. The molecule has 0 saturated heterocycles. The molecule has 3 heteroatoms. The summed E-state index contributed by atoms with van der Waals surface area (Å²) in [5, 5.41) is 16.9. The van der Waals surface area contributed by atoms with Crippen LogP contribution in [0.4, 0.5) is 0 Å². The molecule has 0 spiro atoms. The lowest BCUT2D eigenvalue weighted by atomic mass is 10.1. The van der Waals surface area contributed by atoms with Gasteiger partial charge in [0.2, 0.25) is 0 Å². The molecule has 0 aromatic rings. The Bertz CT molecular complexity index is 80.4. The van der Waals surface area contributed by atoms with Crippen LogP contribution in [0.1, 0.15) is 19.8 Å². The van der Waals surface area contributed by atoms with E-state index in [2.05, 4.69) is 0 Å². The third kappa shape index (κ3) is 3.21. The Labute approximate surface area is 54.3 Å². The van der Waals surface area contributed by atoms with E-state index in [9.17, 15) is 4.79 Å². The van der Waals surface area contributed by atoms with Gasteiger partial charge in [-0.25, -0.2) is 0 Å². The van der Waals surface area contributed by atoms with Crippen molar-refractivity contribution in [1.29, 1.82) is 0 Å². The van der Waals surface area contributed by atoms with E-state index in [1.165, 1.54) is 0 Å². The molecule has 0 rings (SSSR count). The van der Waals surface area contributed by atoms with Crippen LogP contribution in [-0.4, -0.2) is 22.8 Å². The predicted octanol–water partition coefficient (Wildman–Crippen LogP) is -0.0877. The third-order valence-corrected chi connectivity index (χ3v) is 1.18. The summed E-state index contributed by atoms with van der Waals surface area (Å²) in [6.07, 6.45) is 0.429. The molecule has 0 heterocycles. The minimum absolute atomic E-state index is 0.543. The summed E-state index contributed by atoms with van der Waals surface area (Å²) in [6, 6.07) is 0. The minimum Gasteiger partial charge on any atom is -0.368 e. The van der Waals surface area contributed by atoms with Gasteiger partial charge in [-0.1, -0.05) is 13.3 Å². The van der Waals surface area contributed by atoms with Gasteiger partial charge in [-0.3, -0.25) is 0 Å². The first-order chi connectivity index (χ1) is 4.22. The number of hydrogen-bond donors (Lipinski definition) is 2. The van der Waals surface area contributed by atoms with Gasteiger partial charge in [-0.05, 0) is 6.42 Å². The zero-order valence-corrected chi connectivity index (χ0v) is 5.45. The van der Waals surface area contributed by atoms with Crippen LogP contribution < -0.4 is 0 Å². The molecule has 0 saturated carbocycles. The molecule has 2 N–H and O–H groups in total. The van der Waals surface area contributed by atoms with Crippen LogP contribution in [0, 0.1) is 5.92 Å². The normalized spacial score (nSPS) is 13.8. The van der Waals surface area contributed by atoms with Crippen molar-refractivity contribution >= 4 is 6.29 Å². The summed E-state index contributed by atoms with van der Waals surface area (Å²) in [5.41, 5.74) is 0. The minimum atomic E-state index is -1.48. The molecule has 0 aromatic heterocycles. The van der Waals surface area contributed by atoms with Crippen LogP contribution >= 0.6 is 0 Å². The van der Waals surface area contributed by atoms with Gasteiger partial charge in [-0.2, -0.15) is 0 Å². The molecule has 0 fully saturated rings. The van der Waals surface area contributed by atoms with E-state index in [1.54, 1.807) is 0 Å². The summed E-state index contributed by atoms with van der Waals surface area (Å²) in [5.74, 6) is -0.602. The van der Waals surface area contributed by atoms with E-state index >= 15 is 0 Å². The van der Waals surface area contributed by atoms with Crippen molar-refractivity contribution in [2.45, 2.75) is 26.1 Å². The SMILES string of the molecule is CCCC(C=O)C(O)O. The molecule has 54 valence electrons. The second-order valence-corrected chi connectivity index (χ2v) is 2.00. The molecular weight excluding hydrogens is 120 g/mol. The van der Waals surface area contributed by atoms with Crippen LogP contribution in [0.5, 0.6) is 0 Å². The molecule has 0 radical (unpaired) electrons. The predicted molar refractivity (Wildman–Crippen MR) is 32.7 cm³/mol. The molecule has 9 heavy (non-hydrogen) atoms. The fraction of sp³-hybridized carbons (Fsp3) is 0.833. The first-order valence-electron chi connectivity index (χ1n) is 3.03. The third-order valence-electron chi connectivity index (χ3n) is 1.18. The maximum atomic E-state index is 10.0. The van der Waals surface area contributed by atoms with Crippen molar-refractivity contribution < 1.29 is 15.0 Å². The Morgan fingerprint density at radius 3 is 2.22 bits per heavy atom. The average molecular weight is 132 g/mol. The van der Waals surface area contributed by atoms with E-state index in [-0.39, 0.29) is 0 Å². The van der Waals surface area contributed by atoms with E-state index in [0.29, 0.717) is 12.7 Å². The number of carbonyl (C=O) groups excluding carboxylic acids is 1. The first-order valence-corrected chi connectivity index (χ1v) is 3.03. The average Bonchev–Trinajstić information content (AvgIpc) is 1.82. The molecule has 0 amide bonds. The van der Waals surface area contributed by atoms with Crippen molar-refractivity contribution in [3.63, 3.8) is 0 Å². The number of aliphatic hydroxyl groups excluding tert-OH is 1. The fourth-order valence-corrected chi connectivity index (χ4v) is 0.621. The molecule has 0 aromatic carbocycles. The van der Waals surface area contributed by atoms with Gasteiger partial charge in [0, 0.05) is 0 Å². The monoisotopic (exact) mass is 132 g/mol. The Morgan fingerprint density at radius 2 is 2.11 bits per heavy atom. The van der Waals surface area contributed by atoms with Crippen LogP contribution in [0.3, 0.4) is 0 Å². The fourth-order valence-electron chi connectivity index (χ4n) is 0.621. The largest absolute Gasteiger partial charge is 0.368 e. The summed E-state index contributed by atoms with van der Waals surface area (Å²) in [7, 11) is 0. The van der Waals surface area contributed by atoms with E-state index in [4.69, 9.17) is 10.2 Å². The highest BCUT2D eigenvalue weighted by Crippen LogP contribution is 2.05. The van der Waals surface area contributed by atoms with E-state index in [0.717, 1.165) is 6.42 Å². The van der Waals surface area contributed by atoms with Gasteiger partial charge in [-0.15, -0.1) is 0 Å². The lowest BCUT2D eigenvalue weighted by Crippen LogP contribution is -2.20. The highest BCUT2D eigenvalue weighted by molar-refractivity contribution is 5.53. The van der Waals surface area contributed by atoms with Crippen molar-refractivity contribution in [2.75, 3.05) is 0 Å². The second-order valence-electron chi connectivity index (χ2n) is 2.00. The Hall–Kier alpha value is -0.410. The van der Waals surface area contributed by atoms with Crippen molar-refractivity contribution in [3.05, 3.63) is 0 Å². The maximum Gasteiger partial charge on any atom is 0.160 e. The second kappa shape index (κ2) is 4.47. The van der Waals surface area contributed by atoms with Gasteiger partial charge >= 0.3 is 0 Å². The standard InChI is InChI=1S/C6H12O3/c1-2-3-5(4-7)6(8)9/h4-6,8-9H,2-3H2,1H3. The molecule has 0 aliphatic heterocycles. The summed E-state index contributed by atoms with van der Waals surface area (Å²) < 4.78 is 0. The Balaban J connectivity index is 3.54. The Morgan fingerprint density at radius 1 is 1.56 bits per heavy atom. The van der Waals surface area contributed by atoms with Crippen molar-refractivity contribution in [3.8, 4) is 0 Å².